The Balaban J connectivity index is 1.34. The van der Waals surface area contributed by atoms with Crippen LogP contribution in [0.2, 0.25) is 0 Å². The van der Waals surface area contributed by atoms with Gasteiger partial charge in [0, 0.05) is 18.2 Å². The predicted molar refractivity (Wildman–Crippen MR) is 98.5 cm³/mol. The number of nitrogens with zero attached hydrogens (tertiary/aromatic N) is 1. The van der Waals surface area contributed by atoms with E-state index in [1.807, 2.05) is 42.5 Å². The summed E-state index contributed by atoms with van der Waals surface area (Å²) in [5.41, 5.74) is 2.44. The number of hydrogen-bond donors (Lipinski definition) is 1. The smallest absolute Gasteiger partial charge is 0.268 e. The normalized spacial score (nSPS) is 18.3. The van der Waals surface area contributed by atoms with Gasteiger partial charge in [-0.2, -0.15) is 0 Å². The van der Waals surface area contributed by atoms with Gasteiger partial charge in [0.1, 0.15) is 13.2 Å². The molecule has 6 nitrogen and oxygen atoms in total. The molecule has 0 saturated carbocycles. The molecule has 2 aromatic rings. The zero-order chi connectivity index (χ0) is 17.8. The highest BCUT2D eigenvalue weighted by atomic mass is 16.6. The number of oxime groups is 1. The number of nitrogens with one attached hydrogen (secondary N) is 1. The summed E-state index contributed by atoms with van der Waals surface area (Å²) in [6.07, 6.45) is 3.61. The van der Waals surface area contributed by atoms with Crippen molar-refractivity contribution in [3.05, 3.63) is 60.2 Å². The van der Waals surface area contributed by atoms with Crippen LogP contribution in [0.15, 0.2) is 59.8 Å². The molecule has 6 heteroatoms. The lowest BCUT2D eigenvalue weighted by atomic mass is 10.1. The molecule has 0 fully saturated rings. The average Bonchev–Trinajstić information content (AvgIpc) is 3.16. The lowest BCUT2D eigenvalue weighted by molar-refractivity contribution is -0.125. The number of hydrogen-bond acceptors (Lipinski definition) is 5. The van der Waals surface area contributed by atoms with E-state index in [1.54, 1.807) is 18.2 Å². The van der Waals surface area contributed by atoms with E-state index in [2.05, 4.69) is 10.5 Å². The maximum atomic E-state index is 12.4. The average molecular weight is 350 g/mol. The Morgan fingerprint density at radius 1 is 1.04 bits per heavy atom. The second-order valence-electron chi connectivity index (χ2n) is 5.97. The summed E-state index contributed by atoms with van der Waals surface area (Å²) >= 11 is 0. The van der Waals surface area contributed by atoms with Gasteiger partial charge in [0.2, 0.25) is 6.10 Å². The van der Waals surface area contributed by atoms with Crippen molar-refractivity contribution in [2.75, 3.05) is 18.5 Å². The minimum absolute atomic E-state index is 0.242. The van der Waals surface area contributed by atoms with Crippen LogP contribution in [0.3, 0.4) is 0 Å². The van der Waals surface area contributed by atoms with Crippen molar-refractivity contribution in [3.63, 3.8) is 0 Å². The molecule has 2 aromatic carbocycles. The Labute approximate surface area is 151 Å². The van der Waals surface area contributed by atoms with Gasteiger partial charge in [0.15, 0.2) is 11.5 Å². The quantitative estimate of drug-likeness (QED) is 0.919. The van der Waals surface area contributed by atoms with Crippen LogP contribution in [0.5, 0.6) is 11.5 Å². The molecular formula is C20H18N2O4. The molecule has 1 N–H and O–H groups in total. The Kier molecular flexibility index (Phi) is 4.55. The molecule has 0 radical (unpaired) electrons. The van der Waals surface area contributed by atoms with Gasteiger partial charge in [0.25, 0.3) is 5.91 Å². The van der Waals surface area contributed by atoms with Crippen molar-refractivity contribution >= 4 is 23.4 Å². The van der Waals surface area contributed by atoms with Gasteiger partial charge in [-0.1, -0.05) is 41.6 Å². The zero-order valence-corrected chi connectivity index (χ0v) is 14.1. The largest absolute Gasteiger partial charge is 0.486 e. The molecule has 0 aromatic heterocycles. The lowest BCUT2D eigenvalue weighted by Crippen LogP contribution is -2.27. The second kappa shape index (κ2) is 7.31. The van der Waals surface area contributed by atoms with Crippen LogP contribution in [-0.4, -0.2) is 30.9 Å². The molecule has 2 heterocycles. The van der Waals surface area contributed by atoms with Gasteiger partial charge in [-0.25, -0.2) is 0 Å². The van der Waals surface area contributed by atoms with Gasteiger partial charge in [-0.3, -0.25) is 4.79 Å². The van der Waals surface area contributed by atoms with Crippen molar-refractivity contribution < 1.29 is 19.1 Å². The maximum Gasteiger partial charge on any atom is 0.268 e. The Bertz CT molecular complexity index is 861. The number of allylic oxidation sites excluding steroid dienone is 1. The van der Waals surface area contributed by atoms with Crippen LogP contribution in [0.4, 0.5) is 5.69 Å². The molecule has 1 unspecified atom stereocenters. The van der Waals surface area contributed by atoms with E-state index in [9.17, 15) is 4.79 Å². The minimum atomic E-state index is -0.640. The fraction of sp³-hybridized carbons (Fsp3) is 0.200. The van der Waals surface area contributed by atoms with Gasteiger partial charge in [0.05, 0.1) is 5.71 Å². The molecule has 0 bridgehead atoms. The van der Waals surface area contributed by atoms with Crippen molar-refractivity contribution in [1.29, 1.82) is 0 Å². The van der Waals surface area contributed by atoms with Crippen molar-refractivity contribution in [2.24, 2.45) is 5.16 Å². The summed E-state index contributed by atoms with van der Waals surface area (Å²) in [5.74, 6) is 1.07. The molecule has 0 saturated heterocycles. The first-order valence-corrected chi connectivity index (χ1v) is 8.44. The van der Waals surface area contributed by atoms with Crippen LogP contribution >= 0.6 is 0 Å². The van der Waals surface area contributed by atoms with Crippen LogP contribution in [0.25, 0.3) is 6.08 Å². The number of ether oxygens (including phenoxy) is 2. The van der Waals surface area contributed by atoms with Gasteiger partial charge < -0.3 is 19.6 Å². The van der Waals surface area contributed by atoms with Crippen LogP contribution in [-0.2, 0) is 9.63 Å². The predicted octanol–water partition coefficient (Wildman–Crippen LogP) is 3.25. The number of carbonyl (C=O) groups excluding carboxylic acids is 1. The Morgan fingerprint density at radius 2 is 1.85 bits per heavy atom. The highest BCUT2D eigenvalue weighted by Crippen LogP contribution is 2.32. The number of rotatable bonds is 4. The maximum absolute atomic E-state index is 12.4. The van der Waals surface area contributed by atoms with Crippen LogP contribution in [0, 0.1) is 0 Å². The molecule has 2 aliphatic heterocycles. The summed E-state index contributed by atoms with van der Waals surface area (Å²) in [5, 5.41) is 6.82. The number of amides is 1. The summed E-state index contributed by atoms with van der Waals surface area (Å²) in [7, 11) is 0. The fourth-order valence-corrected chi connectivity index (χ4v) is 2.74. The first-order valence-electron chi connectivity index (χ1n) is 8.44. The topological polar surface area (TPSA) is 69.2 Å². The van der Waals surface area contributed by atoms with Crippen LogP contribution < -0.4 is 14.8 Å². The van der Waals surface area contributed by atoms with Gasteiger partial charge in [-0.15, -0.1) is 0 Å². The standard InChI is InChI=1S/C20H18N2O4/c23-20(21-15-8-9-17-18(12-15)25-11-10-24-17)19-13-16(22-26-19)7-6-14-4-2-1-3-5-14/h1-9,12,19H,10-11,13H2,(H,21,23)/b7-6+. The van der Waals surface area contributed by atoms with Crippen LogP contribution in [0.1, 0.15) is 12.0 Å². The third-order valence-electron chi connectivity index (χ3n) is 4.06. The second-order valence-corrected chi connectivity index (χ2v) is 5.97. The number of fused-ring (bicyclic) bond motifs is 1. The van der Waals surface area contributed by atoms with E-state index < -0.39 is 6.10 Å². The first kappa shape index (κ1) is 16.2. The lowest BCUT2D eigenvalue weighted by Gasteiger charge is -2.19. The molecular weight excluding hydrogens is 332 g/mol. The molecule has 4 rings (SSSR count). The van der Waals surface area contributed by atoms with E-state index >= 15 is 0 Å². The van der Waals surface area contributed by atoms with E-state index in [0.29, 0.717) is 36.8 Å². The summed E-state index contributed by atoms with van der Waals surface area (Å²) in [6, 6.07) is 15.2. The molecule has 1 atom stereocenters. The SMILES string of the molecule is O=C(Nc1ccc2c(c1)OCCO2)C1CC(/C=C/c2ccccc2)=NO1. The van der Waals surface area contributed by atoms with E-state index in [4.69, 9.17) is 14.3 Å². The van der Waals surface area contributed by atoms with E-state index in [-0.39, 0.29) is 5.91 Å². The fourth-order valence-electron chi connectivity index (χ4n) is 2.74. The number of anilines is 1. The molecule has 26 heavy (non-hydrogen) atoms. The van der Waals surface area contributed by atoms with Gasteiger partial charge in [-0.05, 0) is 23.8 Å². The van der Waals surface area contributed by atoms with Crippen molar-refractivity contribution in [2.45, 2.75) is 12.5 Å². The molecule has 2 aliphatic rings. The summed E-state index contributed by atoms with van der Waals surface area (Å²) in [6.45, 7) is 1.03. The van der Waals surface area contributed by atoms with Crippen molar-refractivity contribution in [1.82, 2.24) is 0 Å². The Hall–Kier alpha value is -3.28. The molecule has 132 valence electrons. The monoisotopic (exact) mass is 350 g/mol. The van der Waals surface area contributed by atoms with E-state index in [0.717, 1.165) is 11.3 Å². The van der Waals surface area contributed by atoms with Gasteiger partial charge >= 0.3 is 0 Å². The highest BCUT2D eigenvalue weighted by molar-refractivity contribution is 6.04. The molecule has 0 aliphatic carbocycles. The summed E-state index contributed by atoms with van der Waals surface area (Å²) in [4.78, 5) is 17.7. The minimum Gasteiger partial charge on any atom is -0.486 e. The zero-order valence-electron chi connectivity index (χ0n) is 14.1. The third kappa shape index (κ3) is 3.69. The van der Waals surface area contributed by atoms with E-state index in [1.165, 1.54) is 0 Å². The first-order chi connectivity index (χ1) is 12.8. The van der Waals surface area contributed by atoms with Crippen molar-refractivity contribution in [3.8, 4) is 11.5 Å². The number of benzene rings is 2. The molecule has 1 amide bonds. The molecule has 0 spiro atoms. The number of carbonyl (C=O) groups is 1. The third-order valence-corrected chi connectivity index (χ3v) is 4.06. The summed E-state index contributed by atoms with van der Waals surface area (Å²) < 4.78 is 11.0. The highest BCUT2D eigenvalue weighted by Gasteiger charge is 2.27. The Morgan fingerprint density at radius 3 is 2.69 bits per heavy atom.